The van der Waals surface area contributed by atoms with Crippen LogP contribution >= 0.6 is 0 Å². The number of nitrogens with zero attached hydrogens (tertiary/aromatic N) is 5. The third-order valence-electron chi connectivity index (χ3n) is 6.11. The lowest BCUT2D eigenvalue weighted by Crippen LogP contribution is -2.42. The third-order valence-corrected chi connectivity index (χ3v) is 6.11. The number of aryl methyl sites for hydroxylation is 1. The number of hydrogen-bond acceptors (Lipinski definition) is 6. The number of nitrogens with one attached hydrogen (secondary N) is 1. The van der Waals surface area contributed by atoms with E-state index in [2.05, 4.69) is 58.4 Å². The number of ketones is 1. The lowest BCUT2D eigenvalue weighted by atomic mass is 9.96. The van der Waals surface area contributed by atoms with Crippen molar-refractivity contribution in [3.8, 4) is 17.2 Å². The maximum atomic E-state index is 12.0. The van der Waals surface area contributed by atoms with Crippen LogP contribution < -0.4 is 10.2 Å². The van der Waals surface area contributed by atoms with Crippen molar-refractivity contribution >= 4 is 17.2 Å². The first kappa shape index (κ1) is 20.0. The van der Waals surface area contributed by atoms with Gasteiger partial charge in [0.25, 0.3) is 0 Å². The molecule has 0 aliphatic carbocycles. The summed E-state index contributed by atoms with van der Waals surface area (Å²) in [5.41, 5.74) is 4.84. The number of nitriles is 1. The monoisotopic (exact) mass is 402 g/mol. The summed E-state index contributed by atoms with van der Waals surface area (Å²) in [4.78, 5) is 18.7. The zero-order valence-corrected chi connectivity index (χ0v) is 18.1. The summed E-state index contributed by atoms with van der Waals surface area (Å²) in [6, 6.07) is 10.5. The van der Waals surface area contributed by atoms with Crippen molar-refractivity contribution in [1.29, 1.82) is 5.26 Å². The molecular weight excluding hydrogens is 376 g/mol. The fourth-order valence-corrected chi connectivity index (χ4v) is 4.26. The number of aromatic nitrogens is 3. The number of benzene rings is 1. The van der Waals surface area contributed by atoms with Crippen molar-refractivity contribution in [1.82, 2.24) is 19.9 Å². The molecule has 1 atom stereocenters. The minimum Gasteiger partial charge on any atom is -0.354 e. The van der Waals surface area contributed by atoms with Gasteiger partial charge in [0, 0.05) is 31.1 Å². The molecule has 1 aromatic carbocycles. The quantitative estimate of drug-likeness (QED) is 0.674. The van der Waals surface area contributed by atoms with Crippen molar-refractivity contribution in [2.75, 3.05) is 25.0 Å². The van der Waals surface area contributed by atoms with Gasteiger partial charge in [-0.15, -0.1) is 5.10 Å². The van der Waals surface area contributed by atoms with Gasteiger partial charge in [0.2, 0.25) is 5.82 Å². The Morgan fingerprint density at radius 1 is 1.33 bits per heavy atom. The Balaban J connectivity index is 2.09. The Morgan fingerprint density at radius 2 is 2.10 bits per heavy atom. The predicted molar refractivity (Wildman–Crippen MR) is 117 cm³/mol. The molecule has 3 heterocycles. The van der Waals surface area contributed by atoms with Gasteiger partial charge in [0.05, 0.1) is 0 Å². The molecule has 4 rings (SSSR count). The van der Waals surface area contributed by atoms with E-state index in [0.29, 0.717) is 11.2 Å². The van der Waals surface area contributed by atoms with E-state index in [1.165, 1.54) is 6.92 Å². The van der Waals surface area contributed by atoms with Crippen molar-refractivity contribution in [3.05, 3.63) is 46.8 Å². The number of rotatable bonds is 4. The Bertz CT molecular complexity index is 1200. The normalized spacial score (nSPS) is 18.7. The van der Waals surface area contributed by atoms with Gasteiger partial charge in [-0.25, -0.2) is 4.98 Å². The number of fused-ring (bicyclic) bond motifs is 1. The predicted octanol–water partition coefficient (Wildman–Crippen LogP) is 3.28. The highest BCUT2D eigenvalue weighted by Crippen LogP contribution is 2.39. The largest absolute Gasteiger partial charge is 0.354 e. The van der Waals surface area contributed by atoms with Crippen molar-refractivity contribution < 1.29 is 4.79 Å². The van der Waals surface area contributed by atoms with Gasteiger partial charge < -0.3 is 10.2 Å². The molecule has 1 fully saturated rings. The van der Waals surface area contributed by atoms with E-state index >= 15 is 0 Å². The molecule has 0 unspecified atom stereocenters. The molecule has 0 saturated carbocycles. The molecule has 0 radical (unpaired) electrons. The lowest BCUT2D eigenvalue weighted by Gasteiger charge is -2.28. The summed E-state index contributed by atoms with van der Waals surface area (Å²) in [6.45, 7) is 9.29. The first-order chi connectivity index (χ1) is 14.3. The number of likely N-dealkylation sites (N-methyl/N-ethyl adjacent to an activating group) is 1. The van der Waals surface area contributed by atoms with E-state index in [9.17, 15) is 10.1 Å². The van der Waals surface area contributed by atoms with Crippen LogP contribution in [-0.2, 0) is 0 Å². The van der Waals surface area contributed by atoms with E-state index in [-0.39, 0.29) is 17.1 Å². The Hall–Kier alpha value is -3.24. The number of anilines is 1. The van der Waals surface area contributed by atoms with E-state index in [0.717, 1.165) is 47.6 Å². The number of carbonyl (C=O) groups excluding carboxylic acids is 1. The van der Waals surface area contributed by atoms with Crippen LogP contribution in [-0.4, -0.2) is 46.1 Å². The smallest absolute Gasteiger partial charge is 0.218 e. The fourth-order valence-electron chi connectivity index (χ4n) is 4.26. The van der Waals surface area contributed by atoms with Crippen molar-refractivity contribution in [2.24, 2.45) is 0 Å². The number of pyridine rings is 1. The number of carbonyl (C=O) groups is 1. The van der Waals surface area contributed by atoms with Crippen LogP contribution in [0.15, 0.2) is 24.3 Å². The molecule has 1 saturated heterocycles. The summed E-state index contributed by atoms with van der Waals surface area (Å²) in [7, 11) is 1.98. The summed E-state index contributed by atoms with van der Waals surface area (Å²) < 4.78 is 1.70. The van der Waals surface area contributed by atoms with Gasteiger partial charge in [-0.05, 0) is 45.4 Å². The Morgan fingerprint density at radius 3 is 2.70 bits per heavy atom. The minimum absolute atomic E-state index is 0.0258. The zero-order valence-electron chi connectivity index (χ0n) is 18.1. The second kappa shape index (κ2) is 7.22. The molecule has 1 aliphatic rings. The number of hydrogen-bond donors (Lipinski definition) is 1. The third kappa shape index (κ3) is 3.14. The average Bonchev–Trinajstić information content (AvgIpc) is 3.32. The molecular formula is C23H26N6O. The van der Waals surface area contributed by atoms with Crippen LogP contribution in [0.2, 0.25) is 0 Å². The van der Waals surface area contributed by atoms with Crippen LogP contribution in [0.25, 0.3) is 16.8 Å². The Labute approximate surface area is 176 Å². The maximum Gasteiger partial charge on any atom is 0.218 e. The molecule has 1 N–H and O–H groups in total. The lowest BCUT2D eigenvalue weighted by molar-refractivity contribution is 0.100. The highest BCUT2D eigenvalue weighted by molar-refractivity contribution is 5.92. The second-order valence-electron chi connectivity index (χ2n) is 8.39. The van der Waals surface area contributed by atoms with Crippen LogP contribution in [0.5, 0.6) is 0 Å². The summed E-state index contributed by atoms with van der Waals surface area (Å²) >= 11 is 0. The van der Waals surface area contributed by atoms with Gasteiger partial charge in [0.1, 0.15) is 17.5 Å². The van der Waals surface area contributed by atoms with Gasteiger partial charge >= 0.3 is 0 Å². The SMILES string of the molecule is CN[C@@]1(C)CCN(c2c(-c3cccc(C)c3)c(C)c(C#N)c3nc(C(C)=O)nn23)C1. The van der Waals surface area contributed by atoms with Crippen molar-refractivity contribution in [2.45, 2.75) is 39.7 Å². The number of Topliss-reactive ketones (excluding diaryl/α,β-unsaturated/α-hetero) is 1. The van der Waals surface area contributed by atoms with E-state index < -0.39 is 0 Å². The maximum absolute atomic E-state index is 12.0. The molecule has 7 heteroatoms. The Kier molecular flexibility index (Phi) is 4.83. The first-order valence-electron chi connectivity index (χ1n) is 10.1. The molecule has 3 aromatic rings. The summed E-state index contributed by atoms with van der Waals surface area (Å²) in [5.74, 6) is 0.792. The summed E-state index contributed by atoms with van der Waals surface area (Å²) in [5, 5.41) is 17.9. The molecule has 30 heavy (non-hydrogen) atoms. The molecule has 2 aromatic heterocycles. The topological polar surface area (TPSA) is 86.3 Å². The van der Waals surface area contributed by atoms with Crippen molar-refractivity contribution in [3.63, 3.8) is 0 Å². The van der Waals surface area contributed by atoms with Gasteiger partial charge in [-0.3, -0.25) is 4.79 Å². The highest BCUT2D eigenvalue weighted by Gasteiger charge is 2.36. The van der Waals surface area contributed by atoms with Crippen LogP contribution in [0.1, 0.15) is 47.6 Å². The van der Waals surface area contributed by atoms with Crippen LogP contribution in [0.4, 0.5) is 5.82 Å². The molecule has 0 spiro atoms. The summed E-state index contributed by atoms with van der Waals surface area (Å²) in [6.07, 6.45) is 0.978. The first-order valence-corrected chi connectivity index (χ1v) is 10.1. The van der Waals surface area contributed by atoms with E-state index in [4.69, 9.17) is 0 Å². The highest BCUT2D eigenvalue weighted by atomic mass is 16.1. The molecule has 0 amide bonds. The molecule has 7 nitrogen and oxygen atoms in total. The molecule has 154 valence electrons. The van der Waals surface area contributed by atoms with Crippen LogP contribution in [0.3, 0.4) is 0 Å². The molecule has 1 aliphatic heterocycles. The average molecular weight is 403 g/mol. The molecule has 0 bridgehead atoms. The van der Waals surface area contributed by atoms with E-state index in [1.807, 2.05) is 20.0 Å². The second-order valence-corrected chi connectivity index (χ2v) is 8.39. The minimum atomic E-state index is -0.218. The zero-order chi connectivity index (χ0) is 21.6. The van der Waals surface area contributed by atoms with Gasteiger partial charge in [0.15, 0.2) is 11.4 Å². The van der Waals surface area contributed by atoms with Gasteiger partial charge in [-0.2, -0.15) is 9.78 Å². The van der Waals surface area contributed by atoms with Crippen LogP contribution in [0, 0.1) is 25.2 Å². The van der Waals surface area contributed by atoms with E-state index in [1.54, 1.807) is 4.52 Å². The standard InChI is InChI=1S/C23H26N6O/c1-14-7-6-8-17(11-14)19-15(2)18(12-24)21-26-20(16(3)30)27-29(21)22(19)28-10-9-23(4,13-28)25-5/h6-8,11,25H,9-10,13H2,1-5H3/t23-/m0/s1. The fraction of sp³-hybridized carbons (Fsp3) is 0.391. The van der Waals surface area contributed by atoms with Gasteiger partial charge in [-0.1, -0.05) is 29.8 Å².